The Morgan fingerprint density at radius 2 is 1.81 bits per heavy atom. The smallest absolute Gasteiger partial charge is 0.175 e. The van der Waals surface area contributed by atoms with Crippen LogP contribution >= 0.6 is 11.6 Å². The van der Waals surface area contributed by atoms with Gasteiger partial charge in [-0.3, -0.25) is 0 Å². The Kier molecular flexibility index (Phi) is 3.51. The van der Waals surface area contributed by atoms with Crippen LogP contribution in [-0.4, -0.2) is 19.7 Å². The van der Waals surface area contributed by atoms with Crippen molar-refractivity contribution in [2.24, 2.45) is 0 Å². The first-order valence-electron chi connectivity index (χ1n) is 6.48. The zero-order valence-electron chi connectivity index (χ0n) is 11.4. The van der Waals surface area contributed by atoms with Crippen LogP contribution in [-0.2, 0) is 16.3 Å². The van der Waals surface area contributed by atoms with Crippen molar-refractivity contribution in [2.75, 3.05) is 6.26 Å². The van der Waals surface area contributed by atoms with E-state index in [1.165, 1.54) is 6.26 Å². The maximum absolute atomic E-state index is 11.7. The maximum Gasteiger partial charge on any atom is 0.175 e. The van der Waals surface area contributed by atoms with Gasteiger partial charge < -0.3 is 4.98 Å². The highest BCUT2D eigenvalue weighted by Gasteiger charge is 2.11. The number of rotatable bonds is 3. The number of H-pyrrole nitrogens is 1. The molecular weight excluding hydrogens is 306 g/mol. The van der Waals surface area contributed by atoms with Crippen LogP contribution in [0.1, 0.15) is 11.1 Å². The second kappa shape index (κ2) is 5.20. The summed E-state index contributed by atoms with van der Waals surface area (Å²) >= 11 is 5.89. The number of aromatic nitrogens is 1. The minimum Gasteiger partial charge on any atom is -0.361 e. The summed E-state index contributed by atoms with van der Waals surface area (Å²) in [5.74, 6) is 0. The predicted molar refractivity (Wildman–Crippen MR) is 85.7 cm³/mol. The van der Waals surface area contributed by atoms with Gasteiger partial charge in [0.15, 0.2) is 9.84 Å². The summed E-state index contributed by atoms with van der Waals surface area (Å²) in [4.78, 5) is 3.52. The SMILES string of the molecule is CS(=O)(=O)c1ccc2[nH]cc(Cc3ccc(Cl)cc3)c2c1. The van der Waals surface area contributed by atoms with Crippen LogP contribution in [0.3, 0.4) is 0 Å². The van der Waals surface area contributed by atoms with Crippen LogP contribution in [0.2, 0.25) is 5.02 Å². The van der Waals surface area contributed by atoms with Gasteiger partial charge in [0.1, 0.15) is 0 Å². The van der Waals surface area contributed by atoms with Gasteiger partial charge in [0.05, 0.1) is 4.90 Å². The second-order valence-corrected chi connectivity index (χ2v) is 7.55. The lowest BCUT2D eigenvalue weighted by molar-refractivity contribution is 0.602. The minimum atomic E-state index is -3.20. The molecule has 3 nitrogen and oxygen atoms in total. The number of nitrogens with one attached hydrogen (secondary N) is 1. The van der Waals surface area contributed by atoms with E-state index >= 15 is 0 Å². The largest absolute Gasteiger partial charge is 0.361 e. The van der Waals surface area contributed by atoms with Gasteiger partial charge in [-0.05, 0) is 47.9 Å². The summed E-state index contributed by atoms with van der Waals surface area (Å²) < 4.78 is 23.4. The van der Waals surface area contributed by atoms with Gasteiger partial charge >= 0.3 is 0 Å². The molecule has 0 radical (unpaired) electrons. The highest BCUT2D eigenvalue weighted by molar-refractivity contribution is 7.90. The predicted octanol–water partition coefficient (Wildman–Crippen LogP) is 3.82. The maximum atomic E-state index is 11.7. The minimum absolute atomic E-state index is 0.340. The van der Waals surface area contributed by atoms with Gasteiger partial charge in [-0.15, -0.1) is 0 Å². The van der Waals surface area contributed by atoms with E-state index in [9.17, 15) is 8.42 Å². The summed E-state index contributed by atoms with van der Waals surface area (Å²) in [5, 5.41) is 1.64. The topological polar surface area (TPSA) is 49.9 Å². The molecule has 1 N–H and O–H groups in total. The van der Waals surface area contributed by atoms with Gasteiger partial charge in [0, 0.05) is 28.4 Å². The molecule has 0 aliphatic heterocycles. The lowest BCUT2D eigenvalue weighted by Gasteiger charge is -2.03. The van der Waals surface area contributed by atoms with Crippen LogP contribution in [0.15, 0.2) is 53.6 Å². The fourth-order valence-electron chi connectivity index (χ4n) is 2.36. The molecule has 0 saturated heterocycles. The lowest BCUT2D eigenvalue weighted by Crippen LogP contribution is -1.96. The van der Waals surface area contributed by atoms with Crippen molar-refractivity contribution in [1.82, 2.24) is 4.98 Å². The van der Waals surface area contributed by atoms with Gasteiger partial charge in [0.2, 0.25) is 0 Å². The average molecular weight is 320 g/mol. The monoisotopic (exact) mass is 319 g/mol. The molecule has 5 heteroatoms. The first-order valence-corrected chi connectivity index (χ1v) is 8.75. The zero-order valence-corrected chi connectivity index (χ0v) is 13.0. The van der Waals surface area contributed by atoms with Crippen LogP contribution in [0.4, 0.5) is 0 Å². The van der Waals surface area contributed by atoms with E-state index in [-0.39, 0.29) is 0 Å². The molecule has 3 aromatic rings. The molecule has 0 aliphatic rings. The Morgan fingerprint density at radius 1 is 1.10 bits per heavy atom. The molecule has 2 aromatic carbocycles. The normalized spacial score (nSPS) is 11.9. The third-order valence-corrected chi connectivity index (χ3v) is 4.84. The summed E-state index contributed by atoms with van der Waals surface area (Å²) in [5.41, 5.74) is 3.13. The molecule has 0 amide bonds. The van der Waals surface area contributed by atoms with Crippen molar-refractivity contribution in [2.45, 2.75) is 11.3 Å². The van der Waals surface area contributed by atoms with E-state index < -0.39 is 9.84 Å². The molecule has 0 atom stereocenters. The molecule has 1 heterocycles. The Morgan fingerprint density at radius 3 is 2.48 bits per heavy atom. The molecule has 21 heavy (non-hydrogen) atoms. The van der Waals surface area contributed by atoms with Gasteiger partial charge in [-0.1, -0.05) is 23.7 Å². The number of fused-ring (bicyclic) bond motifs is 1. The molecule has 0 aliphatic carbocycles. The third-order valence-electron chi connectivity index (χ3n) is 3.47. The molecule has 3 rings (SSSR count). The summed E-state index contributed by atoms with van der Waals surface area (Å²) in [6.45, 7) is 0. The highest BCUT2D eigenvalue weighted by atomic mass is 35.5. The highest BCUT2D eigenvalue weighted by Crippen LogP contribution is 2.24. The molecular formula is C16H14ClNO2S. The molecule has 0 bridgehead atoms. The van der Waals surface area contributed by atoms with Crippen molar-refractivity contribution in [3.05, 3.63) is 64.8 Å². The van der Waals surface area contributed by atoms with Crippen LogP contribution < -0.4 is 0 Å². The number of sulfone groups is 1. The number of benzene rings is 2. The van der Waals surface area contributed by atoms with Gasteiger partial charge in [-0.25, -0.2) is 8.42 Å². The van der Waals surface area contributed by atoms with E-state index in [1.54, 1.807) is 18.2 Å². The van der Waals surface area contributed by atoms with Crippen molar-refractivity contribution in [1.29, 1.82) is 0 Å². The molecule has 0 fully saturated rings. The first kappa shape index (κ1) is 14.2. The standard InChI is InChI=1S/C16H14ClNO2S/c1-21(19,20)14-6-7-16-15(9-14)12(10-18-16)8-11-2-4-13(17)5-3-11/h2-7,9-10,18H,8H2,1H3. The zero-order chi connectivity index (χ0) is 15.0. The number of hydrogen-bond donors (Lipinski definition) is 1. The molecule has 108 valence electrons. The third kappa shape index (κ3) is 2.96. The summed E-state index contributed by atoms with van der Waals surface area (Å²) in [7, 11) is -3.20. The summed E-state index contributed by atoms with van der Waals surface area (Å²) in [6.07, 6.45) is 3.87. The van der Waals surface area contributed by atoms with Crippen LogP contribution in [0, 0.1) is 0 Å². The number of hydrogen-bond acceptors (Lipinski definition) is 2. The Labute approximate surface area is 128 Å². The van der Waals surface area contributed by atoms with Crippen LogP contribution in [0.25, 0.3) is 10.9 Å². The van der Waals surface area contributed by atoms with E-state index in [1.807, 2.05) is 30.5 Å². The molecule has 0 unspecified atom stereocenters. The van der Waals surface area contributed by atoms with E-state index in [0.29, 0.717) is 9.92 Å². The van der Waals surface area contributed by atoms with Gasteiger partial charge in [-0.2, -0.15) is 0 Å². The number of halogens is 1. The average Bonchev–Trinajstić information content (AvgIpc) is 2.83. The van der Waals surface area contributed by atoms with E-state index in [2.05, 4.69) is 4.98 Å². The lowest BCUT2D eigenvalue weighted by atomic mass is 10.0. The fourth-order valence-corrected chi connectivity index (χ4v) is 3.13. The number of aromatic amines is 1. The fraction of sp³-hybridized carbons (Fsp3) is 0.125. The van der Waals surface area contributed by atoms with Crippen molar-refractivity contribution >= 4 is 32.3 Å². The molecule has 0 spiro atoms. The Bertz CT molecular complexity index is 896. The van der Waals surface area contributed by atoms with E-state index in [4.69, 9.17) is 11.6 Å². The van der Waals surface area contributed by atoms with Gasteiger partial charge in [0.25, 0.3) is 0 Å². The van der Waals surface area contributed by atoms with E-state index in [0.717, 1.165) is 28.5 Å². The Hall–Kier alpha value is -1.78. The van der Waals surface area contributed by atoms with Crippen molar-refractivity contribution in [3.8, 4) is 0 Å². The first-order chi connectivity index (χ1) is 9.93. The Balaban J connectivity index is 2.04. The second-order valence-electron chi connectivity index (χ2n) is 5.10. The quantitative estimate of drug-likeness (QED) is 0.798. The van der Waals surface area contributed by atoms with Crippen molar-refractivity contribution in [3.63, 3.8) is 0 Å². The molecule has 0 saturated carbocycles. The molecule has 1 aromatic heterocycles. The van der Waals surface area contributed by atoms with Crippen LogP contribution in [0.5, 0.6) is 0 Å². The summed E-state index contributed by atoms with van der Waals surface area (Å²) in [6, 6.07) is 12.8. The van der Waals surface area contributed by atoms with Crippen molar-refractivity contribution < 1.29 is 8.42 Å².